The number of piperazine rings is 1. The van der Waals surface area contributed by atoms with Crippen LogP contribution in [0.3, 0.4) is 0 Å². The molecule has 0 spiro atoms. The van der Waals surface area contributed by atoms with Crippen molar-refractivity contribution in [1.29, 1.82) is 0 Å². The normalized spacial score (nSPS) is 20.7. The molecule has 0 bridgehead atoms. The number of amides is 2. The third-order valence-corrected chi connectivity index (χ3v) is 6.88. The summed E-state index contributed by atoms with van der Waals surface area (Å²) in [7, 11) is 1.38. The van der Waals surface area contributed by atoms with Gasteiger partial charge in [-0.3, -0.25) is 19.4 Å². The van der Waals surface area contributed by atoms with Crippen LogP contribution in [0.15, 0.2) is 42.5 Å². The molecule has 34 heavy (non-hydrogen) atoms. The van der Waals surface area contributed by atoms with Gasteiger partial charge < -0.3 is 14.4 Å². The highest BCUT2D eigenvalue weighted by molar-refractivity contribution is 6.23. The molecular formula is C26H29N3O5. The summed E-state index contributed by atoms with van der Waals surface area (Å²) in [6, 6.07) is 13.0. The number of carbonyl (C=O) groups excluding carboxylic acids is 3. The summed E-state index contributed by atoms with van der Waals surface area (Å²) in [5.41, 5.74) is 3.53. The van der Waals surface area contributed by atoms with Gasteiger partial charge in [-0.2, -0.15) is 0 Å². The van der Waals surface area contributed by atoms with Crippen LogP contribution < -0.4 is 4.90 Å². The number of fused-ring (bicyclic) bond motifs is 1. The first-order chi connectivity index (χ1) is 16.5. The molecule has 8 nitrogen and oxygen atoms in total. The fourth-order valence-electron chi connectivity index (χ4n) is 5.01. The number of hydrogen-bond acceptors (Lipinski definition) is 7. The number of esters is 1. The molecular weight excluding hydrogens is 434 g/mol. The van der Waals surface area contributed by atoms with Crippen molar-refractivity contribution in [1.82, 2.24) is 9.80 Å². The Labute approximate surface area is 199 Å². The number of hydrogen-bond donors (Lipinski definition) is 0. The van der Waals surface area contributed by atoms with E-state index in [0.717, 1.165) is 56.8 Å². The Kier molecular flexibility index (Phi) is 6.34. The van der Waals surface area contributed by atoms with Gasteiger partial charge in [0, 0.05) is 39.3 Å². The van der Waals surface area contributed by atoms with Crippen molar-refractivity contribution >= 4 is 23.5 Å². The monoisotopic (exact) mass is 463 g/mol. The second kappa shape index (κ2) is 9.56. The standard InChI is InChI=1S/C26H29N3O5/c1-33-26(32)19-9-7-18(8-10-19)16-27-11-13-28(14-12-27)22-6-2-5-21-23(22)25(31)29(24(21)30)17-20-4-3-15-34-20/h2,5-10,20H,3-4,11-17H2,1H3/t20-/m1/s1. The molecule has 0 aromatic heterocycles. The van der Waals surface area contributed by atoms with Gasteiger partial charge in [-0.05, 0) is 42.7 Å². The molecule has 3 heterocycles. The van der Waals surface area contributed by atoms with Crippen molar-refractivity contribution in [3.8, 4) is 0 Å². The predicted octanol–water partition coefficient (Wildman–Crippen LogP) is 2.57. The Balaban J connectivity index is 1.24. The maximum atomic E-state index is 13.2. The largest absolute Gasteiger partial charge is 0.465 e. The summed E-state index contributed by atoms with van der Waals surface area (Å²) in [6.07, 6.45) is 1.79. The average molecular weight is 464 g/mol. The molecule has 2 fully saturated rings. The Morgan fingerprint density at radius 1 is 1.03 bits per heavy atom. The first kappa shape index (κ1) is 22.6. The van der Waals surface area contributed by atoms with Crippen LogP contribution in [0.5, 0.6) is 0 Å². The first-order valence-electron chi connectivity index (χ1n) is 11.8. The smallest absolute Gasteiger partial charge is 0.337 e. The van der Waals surface area contributed by atoms with E-state index in [0.29, 0.717) is 29.8 Å². The van der Waals surface area contributed by atoms with Crippen molar-refractivity contribution in [2.75, 3.05) is 51.3 Å². The number of nitrogens with zero attached hydrogens (tertiary/aromatic N) is 3. The van der Waals surface area contributed by atoms with Gasteiger partial charge in [0.25, 0.3) is 11.8 Å². The maximum Gasteiger partial charge on any atom is 0.337 e. The summed E-state index contributed by atoms with van der Waals surface area (Å²) in [4.78, 5) is 43.7. The minimum Gasteiger partial charge on any atom is -0.465 e. The number of carbonyl (C=O) groups is 3. The minimum atomic E-state index is -0.335. The second-order valence-electron chi connectivity index (χ2n) is 9.01. The molecule has 0 aliphatic carbocycles. The number of ether oxygens (including phenoxy) is 2. The van der Waals surface area contributed by atoms with Crippen LogP contribution in [0.4, 0.5) is 5.69 Å². The summed E-state index contributed by atoms with van der Waals surface area (Å²) in [5, 5.41) is 0. The van der Waals surface area contributed by atoms with Gasteiger partial charge in [-0.25, -0.2) is 4.79 Å². The molecule has 0 radical (unpaired) electrons. The first-order valence-corrected chi connectivity index (χ1v) is 11.8. The fraction of sp³-hybridized carbons (Fsp3) is 0.423. The van der Waals surface area contributed by atoms with E-state index >= 15 is 0 Å². The molecule has 5 rings (SSSR count). The highest BCUT2D eigenvalue weighted by atomic mass is 16.5. The highest BCUT2D eigenvalue weighted by Gasteiger charge is 2.40. The lowest BCUT2D eigenvalue weighted by atomic mass is 10.1. The van der Waals surface area contributed by atoms with Crippen molar-refractivity contribution in [3.05, 3.63) is 64.7 Å². The molecule has 3 aliphatic rings. The third-order valence-electron chi connectivity index (χ3n) is 6.88. The number of anilines is 1. The van der Waals surface area contributed by atoms with Gasteiger partial charge in [0.05, 0.1) is 42.1 Å². The average Bonchev–Trinajstić information content (AvgIpc) is 3.47. The van der Waals surface area contributed by atoms with E-state index in [-0.39, 0.29) is 23.9 Å². The Hall–Kier alpha value is -3.23. The Morgan fingerprint density at radius 2 is 1.79 bits per heavy atom. The topological polar surface area (TPSA) is 79.4 Å². The molecule has 2 aromatic carbocycles. The molecule has 3 aliphatic heterocycles. The zero-order valence-corrected chi connectivity index (χ0v) is 19.4. The van der Waals surface area contributed by atoms with E-state index in [4.69, 9.17) is 9.47 Å². The molecule has 178 valence electrons. The van der Waals surface area contributed by atoms with Crippen LogP contribution in [0, 0.1) is 0 Å². The maximum absolute atomic E-state index is 13.2. The van der Waals surface area contributed by atoms with E-state index in [9.17, 15) is 14.4 Å². The highest BCUT2D eigenvalue weighted by Crippen LogP contribution is 2.33. The van der Waals surface area contributed by atoms with Crippen molar-refractivity contribution in [2.24, 2.45) is 0 Å². The lowest BCUT2D eigenvalue weighted by Gasteiger charge is -2.36. The number of imide groups is 1. The van der Waals surface area contributed by atoms with Crippen LogP contribution in [0.25, 0.3) is 0 Å². The van der Waals surface area contributed by atoms with Gasteiger partial charge in [-0.15, -0.1) is 0 Å². The zero-order valence-electron chi connectivity index (χ0n) is 19.4. The van der Waals surface area contributed by atoms with Gasteiger partial charge in [0.2, 0.25) is 0 Å². The van der Waals surface area contributed by atoms with Crippen LogP contribution in [-0.4, -0.2) is 80.1 Å². The lowest BCUT2D eigenvalue weighted by molar-refractivity contribution is 0.0475. The molecule has 0 N–H and O–H groups in total. The van der Waals surface area contributed by atoms with E-state index in [1.54, 1.807) is 18.2 Å². The summed E-state index contributed by atoms with van der Waals surface area (Å²) >= 11 is 0. The van der Waals surface area contributed by atoms with Crippen LogP contribution in [-0.2, 0) is 16.0 Å². The quantitative estimate of drug-likeness (QED) is 0.481. The molecule has 2 aromatic rings. The molecule has 0 unspecified atom stereocenters. The van der Waals surface area contributed by atoms with Crippen LogP contribution >= 0.6 is 0 Å². The van der Waals surface area contributed by atoms with Gasteiger partial charge in [0.15, 0.2) is 0 Å². The van der Waals surface area contributed by atoms with Crippen molar-refractivity contribution in [2.45, 2.75) is 25.5 Å². The van der Waals surface area contributed by atoms with Gasteiger partial charge in [0.1, 0.15) is 0 Å². The molecule has 0 saturated carbocycles. The van der Waals surface area contributed by atoms with Crippen LogP contribution in [0.2, 0.25) is 0 Å². The molecule has 2 saturated heterocycles. The number of benzene rings is 2. The zero-order chi connectivity index (χ0) is 23.7. The van der Waals surface area contributed by atoms with Crippen LogP contribution in [0.1, 0.15) is 49.5 Å². The number of methoxy groups -OCH3 is 1. The SMILES string of the molecule is COC(=O)c1ccc(CN2CCN(c3cccc4c3C(=O)N(C[C@H]3CCCO3)C4=O)CC2)cc1. The third kappa shape index (κ3) is 4.31. The van der Waals surface area contributed by atoms with E-state index < -0.39 is 0 Å². The minimum absolute atomic E-state index is 0.0594. The second-order valence-corrected chi connectivity index (χ2v) is 9.01. The Bertz CT molecular complexity index is 1090. The summed E-state index contributed by atoms with van der Waals surface area (Å²) in [6.45, 7) is 5.02. The Morgan fingerprint density at radius 3 is 2.47 bits per heavy atom. The summed E-state index contributed by atoms with van der Waals surface area (Å²) < 4.78 is 10.4. The summed E-state index contributed by atoms with van der Waals surface area (Å²) in [5.74, 6) is -0.761. The molecule has 1 atom stereocenters. The predicted molar refractivity (Wildman–Crippen MR) is 126 cm³/mol. The van der Waals surface area contributed by atoms with E-state index in [2.05, 4.69) is 9.80 Å². The van der Waals surface area contributed by atoms with E-state index in [1.807, 2.05) is 24.3 Å². The van der Waals surface area contributed by atoms with Crippen molar-refractivity contribution in [3.63, 3.8) is 0 Å². The van der Waals surface area contributed by atoms with Crippen molar-refractivity contribution < 1.29 is 23.9 Å². The van der Waals surface area contributed by atoms with E-state index in [1.165, 1.54) is 12.0 Å². The lowest BCUT2D eigenvalue weighted by Crippen LogP contribution is -2.46. The molecule has 2 amide bonds. The fourth-order valence-corrected chi connectivity index (χ4v) is 5.01. The van der Waals surface area contributed by atoms with Gasteiger partial charge >= 0.3 is 5.97 Å². The molecule has 8 heteroatoms. The number of rotatable bonds is 6. The van der Waals surface area contributed by atoms with Gasteiger partial charge in [-0.1, -0.05) is 18.2 Å².